The molecular weight excluding hydrogens is 527 g/mol. The number of piperazine rings is 1. The summed E-state index contributed by atoms with van der Waals surface area (Å²) in [7, 11) is 0. The minimum absolute atomic E-state index is 0.0724. The van der Waals surface area contributed by atoms with Crippen LogP contribution in [-0.4, -0.2) is 59.0 Å². The molecule has 1 saturated carbocycles. The van der Waals surface area contributed by atoms with E-state index < -0.39 is 12.0 Å². The molecular formula is C36H49FN2O3. The zero-order valence-corrected chi connectivity index (χ0v) is 26.0. The minimum Gasteiger partial charge on any atom is -0.480 e. The number of hydrogen-bond donors (Lipinski definition) is 1. The van der Waals surface area contributed by atoms with Gasteiger partial charge in [0, 0.05) is 32.1 Å². The molecule has 228 valence electrons. The van der Waals surface area contributed by atoms with Crippen molar-refractivity contribution in [2.45, 2.75) is 97.4 Å². The molecule has 1 heterocycles. The second-order valence-electron chi connectivity index (χ2n) is 14.0. The number of carbonyl (C=O) groups excluding carboxylic acids is 1. The van der Waals surface area contributed by atoms with Crippen LogP contribution in [0.5, 0.6) is 0 Å². The fourth-order valence-corrected chi connectivity index (χ4v) is 7.73. The molecule has 0 radical (unpaired) electrons. The van der Waals surface area contributed by atoms with Crippen LogP contribution in [0, 0.1) is 23.1 Å². The number of halogens is 1. The van der Waals surface area contributed by atoms with Gasteiger partial charge in [0.05, 0.1) is 0 Å². The molecule has 1 aliphatic heterocycles. The SMILES string of the molecule is CCc1ccc([C@@H]2CCCC(C(C)(C)C)C[C@H]2C(=O)N2CCN([C@@H](Cc3ccc4c(c3)CCC4)C(=O)O)CC2)c(F)c1. The molecule has 0 spiro atoms. The van der Waals surface area contributed by atoms with E-state index in [1.54, 1.807) is 6.07 Å². The highest BCUT2D eigenvalue weighted by molar-refractivity contribution is 5.80. The number of rotatable bonds is 7. The molecule has 2 aliphatic carbocycles. The van der Waals surface area contributed by atoms with Gasteiger partial charge in [-0.05, 0) is 103 Å². The maximum Gasteiger partial charge on any atom is 0.321 e. The van der Waals surface area contributed by atoms with Gasteiger partial charge in [-0.3, -0.25) is 14.5 Å². The van der Waals surface area contributed by atoms with Gasteiger partial charge in [-0.1, -0.05) is 64.4 Å². The number of benzene rings is 2. The molecule has 2 aromatic carbocycles. The van der Waals surface area contributed by atoms with E-state index in [0.29, 0.717) is 44.1 Å². The van der Waals surface area contributed by atoms with Crippen LogP contribution < -0.4 is 0 Å². The Morgan fingerprint density at radius 3 is 2.33 bits per heavy atom. The summed E-state index contributed by atoms with van der Waals surface area (Å²) in [6, 6.07) is 11.4. The smallest absolute Gasteiger partial charge is 0.321 e. The predicted octanol–water partition coefficient (Wildman–Crippen LogP) is 6.65. The Bertz CT molecular complexity index is 1280. The summed E-state index contributed by atoms with van der Waals surface area (Å²) in [4.78, 5) is 30.6. The number of fused-ring (bicyclic) bond motifs is 1. The summed E-state index contributed by atoms with van der Waals surface area (Å²) in [5.74, 6) is -0.905. The van der Waals surface area contributed by atoms with E-state index in [4.69, 9.17) is 0 Å². The number of hydrogen-bond acceptors (Lipinski definition) is 3. The summed E-state index contributed by atoms with van der Waals surface area (Å²) in [6.45, 7) is 10.9. The number of carboxylic acid groups (broad SMARTS) is 1. The van der Waals surface area contributed by atoms with Crippen molar-refractivity contribution in [1.29, 1.82) is 0 Å². The lowest BCUT2D eigenvalue weighted by Crippen LogP contribution is -2.55. The van der Waals surface area contributed by atoms with E-state index in [1.165, 1.54) is 17.5 Å². The summed E-state index contributed by atoms with van der Waals surface area (Å²) in [6.07, 6.45) is 8.23. The van der Waals surface area contributed by atoms with Crippen LogP contribution in [0.1, 0.15) is 93.5 Å². The average molecular weight is 577 g/mol. The molecule has 5 rings (SSSR count). The summed E-state index contributed by atoms with van der Waals surface area (Å²) in [5.41, 5.74) is 5.56. The zero-order valence-electron chi connectivity index (χ0n) is 26.0. The van der Waals surface area contributed by atoms with Gasteiger partial charge in [0.15, 0.2) is 0 Å². The molecule has 0 bridgehead atoms. The predicted molar refractivity (Wildman–Crippen MR) is 165 cm³/mol. The third-order valence-corrected chi connectivity index (χ3v) is 10.5. The Hall–Kier alpha value is -2.73. The lowest BCUT2D eigenvalue weighted by Gasteiger charge is -2.41. The first kappa shape index (κ1) is 30.7. The van der Waals surface area contributed by atoms with E-state index in [9.17, 15) is 14.7 Å². The van der Waals surface area contributed by atoms with Crippen LogP contribution in [-0.2, 0) is 35.3 Å². The highest BCUT2D eigenvalue weighted by atomic mass is 19.1. The Morgan fingerprint density at radius 1 is 0.952 bits per heavy atom. The molecule has 2 fully saturated rings. The van der Waals surface area contributed by atoms with E-state index in [1.807, 2.05) is 28.9 Å². The van der Waals surface area contributed by atoms with Crippen molar-refractivity contribution in [3.8, 4) is 0 Å². The molecule has 1 amide bonds. The molecule has 3 aliphatic rings. The molecule has 4 atom stereocenters. The molecule has 6 heteroatoms. The standard InChI is InChI=1S/C36H49FN2O3/c1-5-24-13-15-30(32(37)21-24)29-11-7-10-28(36(2,3)4)23-31(29)34(40)39-18-16-38(17-19-39)33(35(41)42)22-25-12-14-26-8-6-9-27(26)20-25/h12-15,20-21,28-29,31,33H,5-11,16-19,22-23H2,1-4H3,(H,41,42)/t28?,29-,31+,33-/m0/s1. The molecule has 1 unspecified atom stereocenters. The van der Waals surface area contributed by atoms with Gasteiger partial charge in [0.1, 0.15) is 11.9 Å². The molecule has 2 aromatic rings. The second-order valence-corrected chi connectivity index (χ2v) is 14.0. The number of aryl methyl sites for hydroxylation is 3. The molecule has 1 saturated heterocycles. The Morgan fingerprint density at radius 2 is 1.67 bits per heavy atom. The topological polar surface area (TPSA) is 60.9 Å². The van der Waals surface area contributed by atoms with Gasteiger partial charge in [0.25, 0.3) is 0 Å². The van der Waals surface area contributed by atoms with Crippen LogP contribution in [0.25, 0.3) is 0 Å². The van der Waals surface area contributed by atoms with Crippen LogP contribution in [0.2, 0.25) is 0 Å². The van der Waals surface area contributed by atoms with Crippen molar-refractivity contribution in [3.63, 3.8) is 0 Å². The van der Waals surface area contributed by atoms with E-state index >= 15 is 4.39 Å². The normalized spacial score (nSPS) is 24.2. The van der Waals surface area contributed by atoms with Crippen molar-refractivity contribution in [3.05, 3.63) is 70.0 Å². The minimum atomic E-state index is -0.807. The number of carboxylic acids is 1. The maximum atomic E-state index is 15.4. The highest BCUT2D eigenvalue weighted by Crippen LogP contribution is 2.46. The summed E-state index contributed by atoms with van der Waals surface area (Å²) in [5, 5.41) is 10.2. The zero-order chi connectivity index (χ0) is 30.0. The lowest BCUT2D eigenvalue weighted by molar-refractivity contribution is -0.145. The Labute approximate surface area is 251 Å². The van der Waals surface area contributed by atoms with Crippen molar-refractivity contribution < 1.29 is 19.1 Å². The lowest BCUT2D eigenvalue weighted by atomic mass is 9.72. The third-order valence-electron chi connectivity index (χ3n) is 10.5. The molecule has 0 aromatic heterocycles. The van der Waals surface area contributed by atoms with Crippen LogP contribution in [0.15, 0.2) is 36.4 Å². The van der Waals surface area contributed by atoms with E-state index in [-0.39, 0.29) is 29.0 Å². The number of aliphatic carboxylic acids is 1. The Kier molecular flexibility index (Phi) is 9.41. The van der Waals surface area contributed by atoms with Gasteiger partial charge >= 0.3 is 5.97 Å². The average Bonchev–Trinajstić information content (AvgIpc) is 3.31. The fourth-order valence-electron chi connectivity index (χ4n) is 7.73. The third kappa shape index (κ3) is 6.74. The first-order valence-corrected chi connectivity index (χ1v) is 16.2. The van der Waals surface area contributed by atoms with E-state index in [2.05, 4.69) is 39.0 Å². The first-order chi connectivity index (χ1) is 20.0. The first-order valence-electron chi connectivity index (χ1n) is 16.2. The molecule has 42 heavy (non-hydrogen) atoms. The van der Waals surface area contributed by atoms with Crippen molar-refractivity contribution >= 4 is 11.9 Å². The van der Waals surface area contributed by atoms with Crippen molar-refractivity contribution in [2.75, 3.05) is 26.2 Å². The van der Waals surface area contributed by atoms with E-state index in [0.717, 1.165) is 56.1 Å². The van der Waals surface area contributed by atoms with Gasteiger partial charge in [-0.15, -0.1) is 0 Å². The number of amides is 1. The van der Waals surface area contributed by atoms with Crippen LogP contribution >= 0.6 is 0 Å². The second kappa shape index (κ2) is 12.9. The van der Waals surface area contributed by atoms with Gasteiger partial charge in [-0.2, -0.15) is 0 Å². The Balaban J connectivity index is 1.31. The molecule has 1 N–H and O–H groups in total. The number of nitrogens with zero attached hydrogens (tertiary/aromatic N) is 2. The van der Waals surface area contributed by atoms with Gasteiger partial charge in [0.2, 0.25) is 5.91 Å². The number of carbonyl (C=O) groups is 2. The monoisotopic (exact) mass is 576 g/mol. The van der Waals surface area contributed by atoms with Crippen molar-refractivity contribution in [1.82, 2.24) is 9.80 Å². The van der Waals surface area contributed by atoms with Crippen molar-refractivity contribution in [2.24, 2.45) is 17.3 Å². The largest absolute Gasteiger partial charge is 0.480 e. The van der Waals surface area contributed by atoms with Gasteiger partial charge in [-0.25, -0.2) is 4.39 Å². The summed E-state index contributed by atoms with van der Waals surface area (Å²) >= 11 is 0. The van der Waals surface area contributed by atoms with Gasteiger partial charge < -0.3 is 10.0 Å². The highest BCUT2D eigenvalue weighted by Gasteiger charge is 2.41. The maximum absolute atomic E-state index is 15.4. The quantitative estimate of drug-likeness (QED) is 0.375. The summed E-state index contributed by atoms with van der Waals surface area (Å²) < 4.78 is 15.4. The van der Waals surface area contributed by atoms with Crippen LogP contribution in [0.3, 0.4) is 0 Å². The fraction of sp³-hybridized carbons (Fsp3) is 0.611. The van der Waals surface area contributed by atoms with Crippen LogP contribution in [0.4, 0.5) is 4.39 Å². The molecule has 5 nitrogen and oxygen atoms in total.